The van der Waals surface area contributed by atoms with Crippen LogP contribution in [-0.4, -0.2) is 34.2 Å². The second-order valence-electron chi connectivity index (χ2n) is 4.71. The average molecular weight is 358 g/mol. The van der Waals surface area contributed by atoms with Crippen LogP contribution in [0.4, 0.5) is 0 Å². The van der Waals surface area contributed by atoms with Crippen molar-refractivity contribution in [2.45, 2.75) is 26.8 Å². The molecule has 0 radical (unpaired) electrons. The molecule has 0 bridgehead atoms. The summed E-state index contributed by atoms with van der Waals surface area (Å²) in [4.78, 5) is 13.8. The minimum absolute atomic E-state index is 0.135. The fraction of sp³-hybridized carbons (Fsp3) is 0.400. The molecule has 1 heterocycles. The summed E-state index contributed by atoms with van der Waals surface area (Å²) in [5.74, 6) is 1.16. The minimum Gasteiger partial charge on any atom is -0.482 e. The Hall–Kier alpha value is -1.79. The maximum atomic E-state index is 12.2. The molecule has 0 aliphatic heterocycles. The van der Waals surface area contributed by atoms with Gasteiger partial charge in [0.05, 0.1) is 11.6 Å². The number of likely N-dealkylation sites (N-methyl/N-ethyl adjacent to an activating group) is 1. The van der Waals surface area contributed by atoms with E-state index in [-0.39, 0.29) is 19.1 Å². The van der Waals surface area contributed by atoms with Gasteiger partial charge in [-0.25, -0.2) is 0 Å². The van der Waals surface area contributed by atoms with Crippen molar-refractivity contribution in [3.63, 3.8) is 0 Å². The Balaban J connectivity index is 1.94. The first kappa shape index (κ1) is 17.6. The number of hydrogen-bond acceptors (Lipinski definition) is 5. The predicted molar refractivity (Wildman–Crippen MR) is 86.7 cm³/mol. The number of carbonyl (C=O) groups excluding carboxylic acids is 1. The quantitative estimate of drug-likeness (QED) is 0.759. The van der Waals surface area contributed by atoms with Crippen molar-refractivity contribution in [1.29, 1.82) is 0 Å². The fourth-order valence-electron chi connectivity index (χ4n) is 1.86. The summed E-state index contributed by atoms with van der Waals surface area (Å²) >= 11 is 11.8. The summed E-state index contributed by atoms with van der Waals surface area (Å²) in [7, 11) is 0. The standard InChI is InChI=1S/C15H17Cl2N3O3/c1-3-13-18-19-14(23-13)8-20(4-2)15(21)9-22-12-6-5-10(16)7-11(12)17/h5-7H,3-4,8-9H2,1-2H3. The topological polar surface area (TPSA) is 68.5 Å². The van der Waals surface area contributed by atoms with Crippen LogP contribution in [-0.2, 0) is 17.8 Å². The Bertz CT molecular complexity index is 676. The number of nitrogens with zero attached hydrogens (tertiary/aromatic N) is 3. The highest BCUT2D eigenvalue weighted by Gasteiger charge is 2.17. The second kappa shape index (κ2) is 8.17. The molecule has 1 aromatic heterocycles. The first-order chi connectivity index (χ1) is 11.0. The van der Waals surface area contributed by atoms with Crippen LogP contribution in [0, 0.1) is 0 Å². The van der Waals surface area contributed by atoms with Gasteiger partial charge in [0.25, 0.3) is 5.91 Å². The van der Waals surface area contributed by atoms with Gasteiger partial charge in [-0.05, 0) is 25.1 Å². The Labute approximate surface area is 144 Å². The van der Waals surface area contributed by atoms with E-state index in [4.69, 9.17) is 32.4 Å². The maximum Gasteiger partial charge on any atom is 0.260 e. The van der Waals surface area contributed by atoms with Crippen LogP contribution >= 0.6 is 23.2 Å². The Morgan fingerprint density at radius 3 is 2.61 bits per heavy atom. The molecule has 0 saturated carbocycles. The summed E-state index contributed by atoms with van der Waals surface area (Å²) in [6, 6.07) is 4.83. The van der Waals surface area contributed by atoms with Crippen LogP contribution in [0.5, 0.6) is 5.75 Å². The van der Waals surface area contributed by atoms with Crippen molar-refractivity contribution >= 4 is 29.1 Å². The van der Waals surface area contributed by atoms with Gasteiger partial charge in [-0.15, -0.1) is 10.2 Å². The van der Waals surface area contributed by atoms with Crippen molar-refractivity contribution in [2.75, 3.05) is 13.2 Å². The third-order valence-corrected chi connectivity index (χ3v) is 3.65. The summed E-state index contributed by atoms with van der Waals surface area (Å²) in [6.07, 6.45) is 0.658. The van der Waals surface area contributed by atoms with Gasteiger partial charge in [-0.3, -0.25) is 4.79 Å². The highest BCUT2D eigenvalue weighted by molar-refractivity contribution is 6.35. The predicted octanol–water partition coefficient (Wildman–Crippen LogP) is 3.37. The maximum absolute atomic E-state index is 12.2. The third-order valence-electron chi connectivity index (χ3n) is 3.12. The number of aromatic nitrogens is 2. The molecule has 0 N–H and O–H groups in total. The third kappa shape index (κ3) is 4.84. The van der Waals surface area contributed by atoms with Crippen LogP contribution in [0.2, 0.25) is 10.0 Å². The molecule has 124 valence electrons. The highest BCUT2D eigenvalue weighted by Crippen LogP contribution is 2.27. The Morgan fingerprint density at radius 1 is 1.26 bits per heavy atom. The molecule has 0 aliphatic rings. The lowest BCUT2D eigenvalue weighted by atomic mass is 10.3. The van der Waals surface area contributed by atoms with Crippen molar-refractivity contribution in [1.82, 2.24) is 15.1 Å². The van der Waals surface area contributed by atoms with Gasteiger partial charge in [0.15, 0.2) is 6.61 Å². The molecule has 1 amide bonds. The molecule has 0 unspecified atom stereocenters. The van der Waals surface area contributed by atoms with Crippen LogP contribution in [0.25, 0.3) is 0 Å². The van der Waals surface area contributed by atoms with E-state index in [9.17, 15) is 4.79 Å². The largest absolute Gasteiger partial charge is 0.482 e. The second-order valence-corrected chi connectivity index (χ2v) is 5.56. The van der Waals surface area contributed by atoms with Gasteiger partial charge in [-0.1, -0.05) is 30.1 Å². The molecule has 6 nitrogen and oxygen atoms in total. The van der Waals surface area contributed by atoms with Gasteiger partial charge >= 0.3 is 0 Å². The summed E-state index contributed by atoms with van der Waals surface area (Å²) < 4.78 is 10.9. The Morgan fingerprint density at radius 2 is 2.00 bits per heavy atom. The lowest BCUT2D eigenvalue weighted by Crippen LogP contribution is -2.34. The summed E-state index contributed by atoms with van der Waals surface area (Å²) in [6.45, 7) is 4.40. The fourth-order valence-corrected chi connectivity index (χ4v) is 2.32. The molecule has 23 heavy (non-hydrogen) atoms. The molecule has 8 heteroatoms. The molecular weight excluding hydrogens is 341 g/mol. The number of carbonyl (C=O) groups is 1. The number of rotatable bonds is 7. The van der Waals surface area contributed by atoms with Crippen molar-refractivity contribution in [2.24, 2.45) is 0 Å². The number of hydrogen-bond donors (Lipinski definition) is 0. The molecule has 0 saturated heterocycles. The molecular formula is C15H17Cl2N3O3. The zero-order valence-corrected chi connectivity index (χ0v) is 14.4. The van der Waals surface area contributed by atoms with Crippen LogP contribution in [0.3, 0.4) is 0 Å². The number of halogens is 2. The van der Waals surface area contributed by atoms with Crippen molar-refractivity contribution in [3.05, 3.63) is 40.0 Å². The van der Waals surface area contributed by atoms with E-state index in [1.165, 1.54) is 0 Å². The van der Waals surface area contributed by atoms with Gasteiger partial charge < -0.3 is 14.1 Å². The highest BCUT2D eigenvalue weighted by atomic mass is 35.5. The van der Waals surface area contributed by atoms with Crippen LogP contribution in [0.15, 0.2) is 22.6 Å². The van der Waals surface area contributed by atoms with Gasteiger partial charge in [0.2, 0.25) is 11.8 Å². The molecule has 1 aromatic carbocycles. The molecule has 0 fully saturated rings. The minimum atomic E-state index is -0.199. The van der Waals surface area contributed by atoms with Crippen molar-refractivity contribution in [3.8, 4) is 5.75 Å². The van der Waals surface area contributed by atoms with Gasteiger partial charge in [0.1, 0.15) is 5.75 Å². The number of aryl methyl sites for hydroxylation is 1. The van der Waals surface area contributed by atoms with E-state index in [2.05, 4.69) is 10.2 Å². The van der Waals surface area contributed by atoms with E-state index >= 15 is 0 Å². The first-order valence-electron chi connectivity index (χ1n) is 7.20. The van der Waals surface area contributed by atoms with E-state index in [1.54, 1.807) is 23.1 Å². The van der Waals surface area contributed by atoms with E-state index < -0.39 is 0 Å². The van der Waals surface area contributed by atoms with Crippen molar-refractivity contribution < 1.29 is 13.9 Å². The number of ether oxygens (including phenoxy) is 1. The smallest absolute Gasteiger partial charge is 0.260 e. The molecule has 2 rings (SSSR count). The zero-order valence-electron chi connectivity index (χ0n) is 12.9. The normalized spacial score (nSPS) is 10.6. The van der Waals surface area contributed by atoms with Crippen LogP contribution in [0.1, 0.15) is 25.6 Å². The average Bonchev–Trinajstić information content (AvgIpc) is 2.99. The van der Waals surface area contributed by atoms with Gasteiger partial charge in [-0.2, -0.15) is 0 Å². The number of amides is 1. The van der Waals surface area contributed by atoms with Crippen LogP contribution < -0.4 is 4.74 Å². The molecule has 0 atom stereocenters. The van der Waals surface area contributed by atoms with E-state index in [0.717, 1.165) is 0 Å². The number of benzene rings is 1. The lowest BCUT2D eigenvalue weighted by Gasteiger charge is -2.19. The Kier molecular flexibility index (Phi) is 6.24. The molecule has 0 spiro atoms. The molecule has 0 aliphatic carbocycles. The summed E-state index contributed by atoms with van der Waals surface area (Å²) in [5.41, 5.74) is 0. The van der Waals surface area contributed by atoms with E-state index in [1.807, 2.05) is 13.8 Å². The summed E-state index contributed by atoms with van der Waals surface area (Å²) in [5, 5.41) is 8.66. The lowest BCUT2D eigenvalue weighted by molar-refractivity contribution is -0.134. The van der Waals surface area contributed by atoms with Gasteiger partial charge in [0, 0.05) is 18.0 Å². The first-order valence-corrected chi connectivity index (χ1v) is 7.96. The monoisotopic (exact) mass is 357 g/mol. The molecule has 2 aromatic rings. The SMILES string of the molecule is CCc1nnc(CN(CC)C(=O)COc2ccc(Cl)cc2Cl)o1. The zero-order chi connectivity index (χ0) is 16.8. The van der Waals surface area contributed by atoms with E-state index in [0.29, 0.717) is 40.5 Å².